The molecule has 0 bridgehead atoms. The smallest absolute Gasteiger partial charge is 0.181 e. The number of H-pyrrole nitrogens is 1. The van der Waals surface area contributed by atoms with Crippen molar-refractivity contribution >= 4 is 43.6 Å². The molecule has 0 aliphatic rings. The van der Waals surface area contributed by atoms with Gasteiger partial charge in [-0.05, 0) is 23.6 Å². The van der Waals surface area contributed by atoms with Crippen LogP contribution in [0.1, 0.15) is 0 Å². The first-order valence-electron chi connectivity index (χ1n) is 7.66. The fourth-order valence-electron chi connectivity index (χ4n) is 3.67. The van der Waals surface area contributed by atoms with Crippen molar-refractivity contribution in [3.8, 4) is 0 Å². The average Bonchev–Trinajstić information content (AvgIpc) is 2.59. The maximum Gasteiger partial charge on any atom is 0.181 e. The SMILES string of the molecule is Cn1c2ccccc2c2[nH]c3ccccc3c3cc(=O)cc1c32. The highest BCUT2D eigenvalue weighted by Crippen LogP contribution is 2.34. The normalized spacial score (nSPS) is 11.9. The summed E-state index contributed by atoms with van der Waals surface area (Å²) in [5, 5.41) is 4.37. The lowest BCUT2D eigenvalue weighted by Crippen LogP contribution is -2.05. The Balaban J connectivity index is 2.27. The predicted molar refractivity (Wildman–Crippen MR) is 96.1 cm³/mol. The summed E-state index contributed by atoms with van der Waals surface area (Å²) in [6.07, 6.45) is 0. The lowest BCUT2D eigenvalue weighted by atomic mass is 10.0. The standard InChI is InChI=1S/C20H14N2O/c1-22-17-9-5-3-7-14(17)20-19-15(10-12(23)11-18(19)22)13-6-2-4-8-16(13)21-20/h2-11,21H,1H3. The highest BCUT2D eigenvalue weighted by atomic mass is 16.1. The highest BCUT2D eigenvalue weighted by molar-refractivity contribution is 6.23. The van der Waals surface area contributed by atoms with Gasteiger partial charge in [-0.25, -0.2) is 0 Å². The molecular formula is C20H14N2O. The van der Waals surface area contributed by atoms with E-state index in [4.69, 9.17) is 0 Å². The van der Waals surface area contributed by atoms with Gasteiger partial charge >= 0.3 is 0 Å². The quantitative estimate of drug-likeness (QED) is 0.335. The minimum absolute atomic E-state index is 0.0426. The number of nitrogens with one attached hydrogen (secondary N) is 1. The molecule has 23 heavy (non-hydrogen) atoms. The molecule has 0 saturated carbocycles. The molecule has 0 saturated heterocycles. The molecular weight excluding hydrogens is 284 g/mol. The Morgan fingerprint density at radius 1 is 0.826 bits per heavy atom. The van der Waals surface area contributed by atoms with Crippen molar-refractivity contribution < 1.29 is 0 Å². The summed E-state index contributed by atoms with van der Waals surface area (Å²) in [6.45, 7) is 0. The van der Waals surface area contributed by atoms with E-state index in [1.54, 1.807) is 12.1 Å². The van der Waals surface area contributed by atoms with E-state index in [9.17, 15) is 4.79 Å². The van der Waals surface area contributed by atoms with Crippen LogP contribution in [0, 0.1) is 0 Å². The first-order valence-corrected chi connectivity index (χ1v) is 7.66. The number of pyridine rings is 2. The topological polar surface area (TPSA) is 37.8 Å². The molecule has 0 aliphatic heterocycles. The van der Waals surface area contributed by atoms with Crippen molar-refractivity contribution in [3.63, 3.8) is 0 Å². The predicted octanol–water partition coefficient (Wildman–Crippen LogP) is 4.33. The largest absolute Gasteiger partial charge is 0.354 e. The van der Waals surface area contributed by atoms with Gasteiger partial charge < -0.3 is 9.55 Å². The first kappa shape index (κ1) is 12.5. The van der Waals surface area contributed by atoms with Gasteiger partial charge in [-0.3, -0.25) is 4.79 Å². The van der Waals surface area contributed by atoms with E-state index in [1.165, 1.54) is 0 Å². The molecule has 0 aliphatic carbocycles. The highest BCUT2D eigenvalue weighted by Gasteiger charge is 2.13. The van der Waals surface area contributed by atoms with Gasteiger partial charge in [0.05, 0.1) is 16.6 Å². The molecule has 5 rings (SSSR count). The zero-order chi connectivity index (χ0) is 15.6. The summed E-state index contributed by atoms with van der Waals surface area (Å²) in [5.74, 6) is 0. The van der Waals surface area contributed by atoms with E-state index >= 15 is 0 Å². The van der Waals surface area contributed by atoms with Gasteiger partial charge in [0.2, 0.25) is 0 Å². The van der Waals surface area contributed by atoms with Gasteiger partial charge in [-0.15, -0.1) is 0 Å². The third-order valence-electron chi connectivity index (χ3n) is 4.71. The third kappa shape index (κ3) is 1.56. The maximum atomic E-state index is 12.3. The van der Waals surface area contributed by atoms with Gasteiger partial charge in [0, 0.05) is 34.8 Å². The summed E-state index contributed by atoms with van der Waals surface area (Å²) in [6, 6.07) is 19.9. The van der Waals surface area contributed by atoms with Crippen LogP contribution in [0.5, 0.6) is 0 Å². The number of aromatic amines is 1. The van der Waals surface area contributed by atoms with Crippen molar-refractivity contribution in [2.45, 2.75) is 0 Å². The second-order valence-corrected chi connectivity index (χ2v) is 5.99. The second-order valence-electron chi connectivity index (χ2n) is 5.99. The number of fused-ring (bicyclic) bond motifs is 4. The number of para-hydroxylation sites is 2. The molecule has 3 aromatic carbocycles. The van der Waals surface area contributed by atoms with Crippen molar-refractivity contribution in [2.24, 2.45) is 7.05 Å². The van der Waals surface area contributed by atoms with Crippen molar-refractivity contribution in [2.75, 3.05) is 0 Å². The Labute approximate surface area is 131 Å². The van der Waals surface area contributed by atoms with Gasteiger partial charge in [-0.1, -0.05) is 36.4 Å². The molecule has 5 aromatic rings. The molecule has 0 radical (unpaired) electrons. The van der Waals surface area contributed by atoms with Gasteiger partial charge in [-0.2, -0.15) is 0 Å². The van der Waals surface area contributed by atoms with Crippen LogP contribution in [0.3, 0.4) is 0 Å². The molecule has 0 fully saturated rings. The van der Waals surface area contributed by atoms with Crippen LogP contribution >= 0.6 is 0 Å². The summed E-state index contributed by atoms with van der Waals surface area (Å²) >= 11 is 0. The fraction of sp³-hybridized carbons (Fsp3) is 0.0500. The molecule has 3 nitrogen and oxygen atoms in total. The van der Waals surface area contributed by atoms with Crippen LogP contribution in [-0.2, 0) is 7.05 Å². The van der Waals surface area contributed by atoms with Gasteiger partial charge in [0.15, 0.2) is 5.43 Å². The molecule has 0 atom stereocenters. The maximum absolute atomic E-state index is 12.3. The monoisotopic (exact) mass is 298 g/mol. The summed E-state index contributed by atoms with van der Waals surface area (Å²) in [7, 11) is 2.02. The number of hydrogen-bond donors (Lipinski definition) is 1. The zero-order valence-corrected chi connectivity index (χ0v) is 12.6. The van der Waals surface area contributed by atoms with E-state index in [2.05, 4.69) is 39.9 Å². The van der Waals surface area contributed by atoms with E-state index in [0.717, 1.165) is 43.6 Å². The Morgan fingerprint density at radius 3 is 2.43 bits per heavy atom. The molecule has 110 valence electrons. The van der Waals surface area contributed by atoms with E-state index in [1.807, 2.05) is 25.2 Å². The summed E-state index contributed by atoms with van der Waals surface area (Å²) in [5.41, 5.74) is 4.25. The Kier molecular flexibility index (Phi) is 2.29. The zero-order valence-electron chi connectivity index (χ0n) is 12.6. The van der Waals surface area contributed by atoms with Crippen LogP contribution in [0.2, 0.25) is 0 Å². The fourth-order valence-corrected chi connectivity index (χ4v) is 3.67. The lowest BCUT2D eigenvalue weighted by Gasteiger charge is -2.16. The first-order chi connectivity index (χ1) is 11.2. The second kappa shape index (κ2) is 4.23. The van der Waals surface area contributed by atoms with Crippen LogP contribution in [-0.4, -0.2) is 9.55 Å². The minimum Gasteiger partial charge on any atom is -0.354 e. The van der Waals surface area contributed by atoms with Crippen molar-refractivity contribution in [1.82, 2.24) is 9.55 Å². The molecule has 3 heteroatoms. The number of aromatic nitrogens is 2. The van der Waals surface area contributed by atoms with E-state index in [-0.39, 0.29) is 5.43 Å². The van der Waals surface area contributed by atoms with Crippen molar-refractivity contribution in [3.05, 3.63) is 70.9 Å². The van der Waals surface area contributed by atoms with Crippen LogP contribution in [0.4, 0.5) is 0 Å². The molecule has 2 aromatic heterocycles. The van der Waals surface area contributed by atoms with Gasteiger partial charge in [0.1, 0.15) is 0 Å². The summed E-state index contributed by atoms with van der Waals surface area (Å²) in [4.78, 5) is 15.8. The Morgan fingerprint density at radius 2 is 1.57 bits per heavy atom. The van der Waals surface area contributed by atoms with Crippen LogP contribution in [0.15, 0.2) is 65.5 Å². The molecule has 2 heterocycles. The molecule has 0 unspecified atom stereocenters. The van der Waals surface area contributed by atoms with Crippen LogP contribution < -0.4 is 5.43 Å². The van der Waals surface area contributed by atoms with E-state index in [0.29, 0.717) is 0 Å². The molecule has 1 N–H and O–H groups in total. The number of benzene rings is 3. The molecule has 0 amide bonds. The van der Waals surface area contributed by atoms with Gasteiger partial charge in [0.25, 0.3) is 0 Å². The number of hydrogen-bond acceptors (Lipinski definition) is 1. The van der Waals surface area contributed by atoms with Crippen LogP contribution in [0.25, 0.3) is 43.6 Å². The Bertz CT molecular complexity index is 1290. The number of rotatable bonds is 0. The van der Waals surface area contributed by atoms with E-state index < -0.39 is 0 Å². The lowest BCUT2D eigenvalue weighted by molar-refractivity contribution is 1.00. The Hall–Kier alpha value is -3.07. The van der Waals surface area contributed by atoms with Crippen molar-refractivity contribution in [1.29, 1.82) is 0 Å². The number of nitrogens with zero attached hydrogens (tertiary/aromatic N) is 1. The minimum atomic E-state index is 0.0426. The average molecular weight is 298 g/mol. The number of aryl methyl sites for hydroxylation is 1. The molecule has 0 spiro atoms. The third-order valence-corrected chi connectivity index (χ3v) is 4.71. The summed E-state index contributed by atoms with van der Waals surface area (Å²) < 4.78 is 2.11.